The highest BCUT2D eigenvalue weighted by atomic mass is 35.5. The molecule has 2 rings (SSSR count). The van der Waals surface area contributed by atoms with E-state index in [0.29, 0.717) is 23.6 Å². The summed E-state index contributed by atoms with van der Waals surface area (Å²) in [6, 6.07) is 4.21. The first kappa shape index (κ1) is 13.8. The molecule has 1 aromatic rings. The van der Waals surface area contributed by atoms with Gasteiger partial charge in [-0.3, -0.25) is 0 Å². The number of aliphatic hydroxyl groups excluding tert-OH is 1. The molecular formula is C14H18ClFO2. The summed E-state index contributed by atoms with van der Waals surface area (Å²) in [5.41, 5.74) is 0.0769. The van der Waals surface area contributed by atoms with Crippen molar-refractivity contribution in [2.45, 2.75) is 44.3 Å². The molecule has 0 radical (unpaired) electrons. The third-order valence-corrected chi connectivity index (χ3v) is 3.99. The Kier molecular flexibility index (Phi) is 4.25. The van der Waals surface area contributed by atoms with Crippen LogP contribution in [0.25, 0.3) is 0 Å². The van der Waals surface area contributed by atoms with E-state index in [-0.39, 0.29) is 5.82 Å². The van der Waals surface area contributed by atoms with Crippen LogP contribution < -0.4 is 0 Å². The molecule has 0 bridgehead atoms. The van der Waals surface area contributed by atoms with E-state index in [4.69, 9.17) is 16.3 Å². The molecule has 1 N–H and O–H groups in total. The maximum absolute atomic E-state index is 13.2. The summed E-state index contributed by atoms with van der Waals surface area (Å²) in [5, 5.41) is 10.8. The van der Waals surface area contributed by atoms with Crippen molar-refractivity contribution in [3.05, 3.63) is 34.6 Å². The molecule has 1 aromatic carbocycles. The van der Waals surface area contributed by atoms with Crippen LogP contribution in [-0.4, -0.2) is 23.4 Å². The zero-order chi connectivity index (χ0) is 13.2. The lowest BCUT2D eigenvalue weighted by atomic mass is 9.87. The van der Waals surface area contributed by atoms with Gasteiger partial charge < -0.3 is 9.84 Å². The van der Waals surface area contributed by atoms with Crippen LogP contribution in [0.3, 0.4) is 0 Å². The van der Waals surface area contributed by atoms with Gasteiger partial charge in [-0.25, -0.2) is 4.39 Å². The van der Waals surface area contributed by atoms with Gasteiger partial charge in [0.15, 0.2) is 0 Å². The largest absolute Gasteiger partial charge is 0.390 e. The summed E-state index contributed by atoms with van der Waals surface area (Å²) in [6.45, 7) is 2.58. The molecule has 1 heterocycles. The normalized spacial score (nSPS) is 26.0. The van der Waals surface area contributed by atoms with Gasteiger partial charge in [0.1, 0.15) is 5.82 Å². The van der Waals surface area contributed by atoms with Crippen LogP contribution in [0.15, 0.2) is 18.2 Å². The van der Waals surface area contributed by atoms with Crippen molar-refractivity contribution < 1.29 is 14.2 Å². The van der Waals surface area contributed by atoms with Gasteiger partial charge in [0.2, 0.25) is 0 Å². The van der Waals surface area contributed by atoms with Crippen molar-refractivity contribution in [1.29, 1.82) is 0 Å². The number of aliphatic hydroxyl groups is 1. The average molecular weight is 273 g/mol. The van der Waals surface area contributed by atoms with Crippen molar-refractivity contribution in [3.63, 3.8) is 0 Å². The lowest BCUT2D eigenvalue weighted by Crippen LogP contribution is -2.45. The van der Waals surface area contributed by atoms with E-state index < -0.39 is 11.7 Å². The molecule has 4 heteroatoms. The molecule has 0 aliphatic carbocycles. The summed E-state index contributed by atoms with van der Waals surface area (Å²) in [7, 11) is 0. The average Bonchev–Trinajstić information content (AvgIpc) is 2.35. The van der Waals surface area contributed by atoms with Gasteiger partial charge in [0, 0.05) is 18.1 Å². The van der Waals surface area contributed by atoms with Gasteiger partial charge in [-0.05, 0) is 49.9 Å². The second-order valence-electron chi connectivity index (χ2n) is 5.07. The van der Waals surface area contributed by atoms with E-state index in [9.17, 15) is 9.50 Å². The summed E-state index contributed by atoms with van der Waals surface area (Å²) in [6.07, 6.45) is 2.54. The molecule has 0 spiro atoms. The predicted molar refractivity (Wildman–Crippen MR) is 69.3 cm³/mol. The SMILES string of the molecule is CC1(C(O)Cc2cc(F)ccc2Cl)CCCCO1. The predicted octanol–water partition coefficient (Wildman–Crippen LogP) is 3.34. The molecule has 0 saturated carbocycles. The maximum Gasteiger partial charge on any atom is 0.123 e. The second kappa shape index (κ2) is 5.55. The molecule has 1 fully saturated rings. The fourth-order valence-electron chi connectivity index (χ4n) is 2.34. The summed E-state index contributed by atoms with van der Waals surface area (Å²) < 4.78 is 18.8. The van der Waals surface area contributed by atoms with Gasteiger partial charge in [-0.15, -0.1) is 0 Å². The molecule has 0 aromatic heterocycles. The monoisotopic (exact) mass is 272 g/mol. The van der Waals surface area contributed by atoms with Crippen LogP contribution >= 0.6 is 11.6 Å². The Balaban J connectivity index is 2.10. The zero-order valence-corrected chi connectivity index (χ0v) is 11.2. The Morgan fingerprint density at radius 2 is 2.28 bits per heavy atom. The molecule has 2 unspecified atom stereocenters. The molecule has 1 saturated heterocycles. The second-order valence-corrected chi connectivity index (χ2v) is 5.48. The van der Waals surface area contributed by atoms with Crippen molar-refractivity contribution in [2.24, 2.45) is 0 Å². The van der Waals surface area contributed by atoms with Crippen LogP contribution in [0.1, 0.15) is 31.7 Å². The quantitative estimate of drug-likeness (QED) is 0.914. The lowest BCUT2D eigenvalue weighted by molar-refractivity contribution is -0.135. The number of benzene rings is 1. The number of ether oxygens (including phenoxy) is 1. The molecule has 2 atom stereocenters. The first-order valence-electron chi connectivity index (χ1n) is 6.27. The Morgan fingerprint density at radius 1 is 1.50 bits per heavy atom. The van der Waals surface area contributed by atoms with E-state index in [1.165, 1.54) is 18.2 Å². The third-order valence-electron chi connectivity index (χ3n) is 3.63. The van der Waals surface area contributed by atoms with Crippen LogP contribution in [0.2, 0.25) is 5.02 Å². The minimum atomic E-state index is -0.669. The number of hydrogen-bond donors (Lipinski definition) is 1. The first-order chi connectivity index (χ1) is 8.51. The molecular weight excluding hydrogens is 255 g/mol. The third kappa shape index (κ3) is 3.02. The van der Waals surface area contributed by atoms with E-state index in [0.717, 1.165) is 19.3 Å². The fraction of sp³-hybridized carbons (Fsp3) is 0.571. The van der Waals surface area contributed by atoms with Crippen molar-refractivity contribution in [2.75, 3.05) is 6.61 Å². The zero-order valence-electron chi connectivity index (χ0n) is 10.5. The number of rotatable bonds is 3. The minimum Gasteiger partial charge on any atom is -0.390 e. The van der Waals surface area contributed by atoms with Crippen LogP contribution in [-0.2, 0) is 11.2 Å². The Labute approximate surface area is 112 Å². The fourth-order valence-corrected chi connectivity index (χ4v) is 2.54. The van der Waals surface area contributed by atoms with Gasteiger partial charge in [0.05, 0.1) is 11.7 Å². The highest BCUT2D eigenvalue weighted by Gasteiger charge is 2.35. The van der Waals surface area contributed by atoms with E-state index in [1.807, 2.05) is 6.92 Å². The topological polar surface area (TPSA) is 29.5 Å². The van der Waals surface area contributed by atoms with Crippen molar-refractivity contribution in [3.8, 4) is 0 Å². The number of halogens is 2. The standard InChI is InChI=1S/C14H18ClFO2/c1-14(6-2-3-7-18-14)13(17)9-10-8-11(16)4-5-12(10)15/h4-5,8,13,17H,2-3,6-7,9H2,1H3. The van der Waals surface area contributed by atoms with Gasteiger partial charge in [0.25, 0.3) is 0 Å². The smallest absolute Gasteiger partial charge is 0.123 e. The Morgan fingerprint density at radius 3 is 2.94 bits per heavy atom. The molecule has 2 nitrogen and oxygen atoms in total. The van der Waals surface area contributed by atoms with Crippen molar-refractivity contribution >= 4 is 11.6 Å². The molecule has 0 amide bonds. The van der Waals surface area contributed by atoms with Gasteiger partial charge >= 0.3 is 0 Å². The summed E-state index contributed by atoms with van der Waals surface area (Å²) >= 11 is 6.01. The summed E-state index contributed by atoms with van der Waals surface area (Å²) in [4.78, 5) is 0. The van der Waals surface area contributed by atoms with E-state index >= 15 is 0 Å². The van der Waals surface area contributed by atoms with Gasteiger partial charge in [-0.1, -0.05) is 11.6 Å². The number of hydrogen-bond acceptors (Lipinski definition) is 2. The van der Waals surface area contributed by atoms with Gasteiger partial charge in [-0.2, -0.15) is 0 Å². The molecule has 100 valence electrons. The molecule has 1 aliphatic heterocycles. The highest BCUT2D eigenvalue weighted by Crippen LogP contribution is 2.31. The van der Waals surface area contributed by atoms with Crippen molar-refractivity contribution in [1.82, 2.24) is 0 Å². The van der Waals surface area contributed by atoms with Crippen LogP contribution in [0.5, 0.6) is 0 Å². The molecule has 18 heavy (non-hydrogen) atoms. The Hall–Kier alpha value is -0.640. The first-order valence-corrected chi connectivity index (χ1v) is 6.65. The van der Waals surface area contributed by atoms with E-state index in [1.54, 1.807) is 0 Å². The maximum atomic E-state index is 13.2. The highest BCUT2D eigenvalue weighted by molar-refractivity contribution is 6.31. The Bertz CT molecular complexity index is 416. The molecule has 1 aliphatic rings. The van der Waals surface area contributed by atoms with Crippen LogP contribution in [0, 0.1) is 5.82 Å². The van der Waals surface area contributed by atoms with E-state index in [2.05, 4.69) is 0 Å². The van der Waals surface area contributed by atoms with Crippen LogP contribution in [0.4, 0.5) is 4.39 Å². The minimum absolute atomic E-state index is 0.313. The summed E-state index contributed by atoms with van der Waals surface area (Å²) in [5.74, 6) is -0.337. The lowest BCUT2D eigenvalue weighted by Gasteiger charge is -2.38.